The van der Waals surface area contributed by atoms with Gasteiger partial charge in [0.2, 0.25) is 76.8 Å². The minimum atomic E-state index is -1.66. The summed E-state index contributed by atoms with van der Waals surface area (Å²) in [6.07, 6.45) is 9.84. The summed E-state index contributed by atoms with van der Waals surface area (Å²) in [6, 6.07) is -2.09. The lowest BCUT2D eigenvalue weighted by Gasteiger charge is -2.33. The number of carboxylic acids is 4. The van der Waals surface area contributed by atoms with Crippen molar-refractivity contribution in [2.24, 2.45) is 56.2 Å². The van der Waals surface area contributed by atoms with Crippen LogP contribution in [0.15, 0.2) is 58.5 Å². The molecule has 4 rings (SSSR count). The topological polar surface area (TPSA) is 741 Å². The average molecular weight is 2030 g/mol. The van der Waals surface area contributed by atoms with Crippen LogP contribution < -0.4 is 92.9 Å². The molecule has 2 fully saturated rings. The van der Waals surface area contributed by atoms with Crippen LogP contribution in [0.25, 0.3) is 0 Å². The van der Waals surface area contributed by atoms with E-state index >= 15 is 19.2 Å². The number of phenols is 2. The van der Waals surface area contributed by atoms with E-state index in [-0.39, 0.29) is 228 Å². The summed E-state index contributed by atoms with van der Waals surface area (Å²) < 4.78 is 0. The number of carbonyl (C=O) groups excluding carboxylic acids is 13. The van der Waals surface area contributed by atoms with Gasteiger partial charge in [0.1, 0.15) is 59.8 Å². The largest absolute Gasteiger partial charge is 0.508 e. The SMILES string of the molecule is CC[C@H](C)[C@H](N)C(=O)N[C@@H](CC(N)=O)C(=O)N1CCC[C@H]1C(=O)N[C@@H](CCCCNC(=O)CN1CCN(CC(=O)NCCCCCCCC(=O)O)CCN(CC(=O)NCCCCCCCC(=O)O)CCN(CC(=O)NCCCCCCCC(=O)O)CC1)C(=O)N[C@@H](Cc1ccc(O)cc1)C(=O)N[C@@H](CCCN=C(N)N)C(=O)N[C@@H](CC(C)C)C(=O)N[C@@H](CCCN=C(N)N)C(=O)N[C@@H](Cc1ccc(O)cc1)C(=O)O. The van der Waals surface area contributed by atoms with Crippen molar-refractivity contribution in [3.63, 3.8) is 0 Å². The Balaban J connectivity index is 1.75. The number of amides is 13. The van der Waals surface area contributed by atoms with E-state index in [4.69, 9.17) is 49.7 Å². The average Bonchev–Trinajstić information content (AvgIpc) is 1.62. The number of benzene rings is 2. The van der Waals surface area contributed by atoms with Crippen LogP contribution in [-0.4, -0.2) is 346 Å². The molecule has 0 radical (unpaired) electrons. The summed E-state index contributed by atoms with van der Waals surface area (Å²) in [6.45, 7) is 9.85. The molecular formula is C97H162N24O23. The van der Waals surface area contributed by atoms with Crippen LogP contribution in [-0.2, 0) is 94.3 Å². The van der Waals surface area contributed by atoms with Crippen molar-refractivity contribution in [2.45, 2.75) is 288 Å². The molecule has 0 spiro atoms. The lowest BCUT2D eigenvalue weighted by atomic mass is 9.98. The van der Waals surface area contributed by atoms with Gasteiger partial charge in [0.15, 0.2) is 11.9 Å². The predicted octanol–water partition coefficient (Wildman–Crippen LogP) is -1.11. The van der Waals surface area contributed by atoms with Gasteiger partial charge in [0, 0.05) is 130 Å². The van der Waals surface area contributed by atoms with E-state index in [1.54, 1.807) is 27.7 Å². The van der Waals surface area contributed by atoms with Crippen molar-refractivity contribution >= 4 is 113 Å². The fraction of sp³-hybridized carbons (Fsp3) is 0.680. The van der Waals surface area contributed by atoms with Crippen molar-refractivity contribution in [1.29, 1.82) is 0 Å². The maximum Gasteiger partial charge on any atom is 0.326 e. The van der Waals surface area contributed by atoms with E-state index in [0.29, 0.717) is 102 Å². The zero-order valence-corrected chi connectivity index (χ0v) is 84.3. The van der Waals surface area contributed by atoms with Crippen molar-refractivity contribution < 1.29 is 112 Å². The van der Waals surface area contributed by atoms with Gasteiger partial charge in [-0.05, 0) is 150 Å². The molecule has 0 bridgehead atoms. The van der Waals surface area contributed by atoms with Gasteiger partial charge < -0.3 is 128 Å². The molecule has 0 aromatic heterocycles. The molecule has 47 heteroatoms. The summed E-state index contributed by atoms with van der Waals surface area (Å²) in [7, 11) is 0. The van der Waals surface area contributed by atoms with Crippen LogP contribution in [0.2, 0.25) is 0 Å². The number of likely N-dealkylation sites (tertiary alicyclic amines) is 1. The maximum atomic E-state index is 15.5. The summed E-state index contributed by atoms with van der Waals surface area (Å²) in [4.78, 5) is 250. The number of hydrogen-bond donors (Lipinski definition) is 23. The Morgan fingerprint density at radius 3 is 1.06 bits per heavy atom. The molecule has 2 aromatic carbocycles. The molecule has 13 amide bonds. The van der Waals surface area contributed by atoms with Crippen LogP contribution in [0.5, 0.6) is 11.5 Å². The second-order valence-electron chi connectivity index (χ2n) is 37.5. The second-order valence-corrected chi connectivity index (χ2v) is 37.5. The number of aliphatic carboxylic acids is 4. The van der Waals surface area contributed by atoms with Crippen LogP contribution in [0.1, 0.15) is 231 Å². The highest BCUT2D eigenvalue weighted by Gasteiger charge is 2.42. The first-order valence-electron chi connectivity index (χ1n) is 50.6. The molecule has 2 aromatic rings. The van der Waals surface area contributed by atoms with E-state index in [2.05, 4.69) is 68.5 Å². The number of phenolic OH excluding ortho intramolecular Hbond substituents is 2. The van der Waals surface area contributed by atoms with E-state index < -0.39 is 144 Å². The van der Waals surface area contributed by atoms with Gasteiger partial charge in [-0.15, -0.1) is 0 Å². The zero-order chi connectivity index (χ0) is 106. The van der Waals surface area contributed by atoms with Crippen molar-refractivity contribution in [3.8, 4) is 11.5 Å². The molecule has 2 saturated heterocycles. The molecule has 2 aliphatic rings. The van der Waals surface area contributed by atoms with Crippen LogP contribution in [0, 0.1) is 11.8 Å². The maximum absolute atomic E-state index is 15.5. The first-order valence-corrected chi connectivity index (χ1v) is 50.6. The van der Waals surface area contributed by atoms with Crippen molar-refractivity contribution in [3.05, 3.63) is 59.7 Å². The molecule has 10 atom stereocenters. The highest BCUT2D eigenvalue weighted by atomic mass is 16.4. The van der Waals surface area contributed by atoms with Gasteiger partial charge >= 0.3 is 23.9 Å². The van der Waals surface area contributed by atoms with E-state index in [9.17, 15) is 77.6 Å². The number of primary amides is 1. The molecule has 0 unspecified atom stereocenters. The van der Waals surface area contributed by atoms with Gasteiger partial charge in [-0.25, -0.2) is 4.79 Å². The van der Waals surface area contributed by atoms with Gasteiger partial charge in [0.25, 0.3) is 0 Å². The molecule has 29 N–H and O–H groups in total. The Morgan fingerprint density at radius 1 is 0.382 bits per heavy atom. The Hall–Kier alpha value is -12.6. The third kappa shape index (κ3) is 54.2. The number of carbonyl (C=O) groups is 17. The minimum absolute atomic E-state index is 0.00742. The third-order valence-corrected chi connectivity index (χ3v) is 24.9. The van der Waals surface area contributed by atoms with Crippen molar-refractivity contribution in [2.75, 3.05) is 124 Å². The van der Waals surface area contributed by atoms with Gasteiger partial charge in [-0.3, -0.25) is 106 Å². The van der Waals surface area contributed by atoms with Crippen LogP contribution in [0.3, 0.4) is 0 Å². The molecule has 2 aliphatic heterocycles. The molecule has 0 aliphatic carbocycles. The number of hydrogen-bond acceptors (Lipinski definition) is 26. The quantitative estimate of drug-likeness (QED) is 0.0212. The number of nitrogens with one attached hydrogen (secondary N) is 11. The van der Waals surface area contributed by atoms with Crippen LogP contribution in [0.4, 0.5) is 0 Å². The smallest absolute Gasteiger partial charge is 0.326 e. The Bertz CT molecular complexity index is 4350. The summed E-state index contributed by atoms with van der Waals surface area (Å²) in [5.41, 5.74) is 35.3. The third-order valence-electron chi connectivity index (χ3n) is 24.9. The molecule has 47 nitrogen and oxygen atoms in total. The van der Waals surface area contributed by atoms with Gasteiger partial charge in [-0.1, -0.05) is 116 Å². The monoisotopic (exact) mass is 2030 g/mol. The number of carboxylic acid groups (broad SMARTS) is 4. The van der Waals surface area contributed by atoms with Gasteiger partial charge in [-0.2, -0.15) is 0 Å². The summed E-state index contributed by atoms with van der Waals surface area (Å²) >= 11 is 0. The number of unbranched alkanes of at least 4 members (excludes halogenated alkanes) is 13. The highest BCUT2D eigenvalue weighted by molar-refractivity contribution is 5.99. The van der Waals surface area contributed by atoms with E-state index in [0.717, 1.165) is 62.7 Å². The highest BCUT2D eigenvalue weighted by Crippen LogP contribution is 2.23. The lowest BCUT2D eigenvalue weighted by Crippen LogP contribution is -2.60. The minimum Gasteiger partial charge on any atom is -0.508 e. The molecule has 144 heavy (non-hydrogen) atoms. The summed E-state index contributed by atoms with van der Waals surface area (Å²) in [5.74, 6) is -15.0. The second kappa shape index (κ2) is 70.1. The Kier molecular flexibility index (Phi) is 60.2. The molecule has 0 saturated carbocycles. The fourth-order valence-corrected chi connectivity index (χ4v) is 16.4. The van der Waals surface area contributed by atoms with Crippen LogP contribution >= 0.6 is 0 Å². The first-order chi connectivity index (χ1) is 68.6. The number of nitrogens with two attached hydrogens (primary N) is 6. The standard InChI is InChI=1S/C97H162N24O23/c1-5-65(4)86(99)93(141)115-75(59-78(98)124)94(142)121-47-25-29-77(121)92(140)112-70(87(135)114-74(57-66-33-37-68(122)38-34-66)91(139)111-71(27-23-45-108-96(100)101)88(136)113-73(56-64(2)3)90(138)110-72(28-24-46-109-97(102)103)89(137)116-76(95(143)144)58-67-35-39-69(123)40-36-67)26-18-22-44-107-82(128)63-120-54-52-118(61-80(126)105-42-20-13-7-10-16-31-84(131)132)50-48-117(60-79(125)104-41-19-12-6-9-15-30-83(129)130)49-51-119(53-55-120)62-81(127)106-43-21-14-8-11-17-32-85(133)134/h33-40,64-65,70-77,86,122-123H,5-32,41-63,99H2,1-4H3,(H2,98,124)(H,104,125)(H,105,126)(H,106,127)(H,107,128)(H,110,138)(H,111,139)(H,112,140)(H,113,136)(H,114,135)(H,115,141)(H,116,137)(H,129,130)(H,131,132)(H,133,134)(H,143,144)(H4,100,101,108)(H4,102,103,109)/t65-,70-,71-,72-,73-,74-,75-,76-,77-,86-/m0/s1. The fourth-order valence-electron chi connectivity index (χ4n) is 16.4. The lowest BCUT2D eigenvalue weighted by molar-refractivity contribution is -0.143. The number of nitrogens with zero attached hydrogens (tertiary/aromatic N) is 7. The normalized spacial score (nSPS) is 15.8. The molecular weight excluding hydrogens is 1870 g/mol. The summed E-state index contributed by atoms with van der Waals surface area (Å²) in [5, 5.41) is 88.6. The molecule has 808 valence electrons. The Morgan fingerprint density at radius 2 is 0.701 bits per heavy atom. The number of guanidine groups is 2. The molecule has 2 heterocycles. The predicted molar refractivity (Wildman–Crippen MR) is 538 cm³/mol. The number of aromatic hydroxyl groups is 2. The zero-order valence-electron chi connectivity index (χ0n) is 84.3. The number of aliphatic imine (C=N–C) groups is 2. The van der Waals surface area contributed by atoms with Crippen molar-refractivity contribution in [1.82, 2.24) is 83.0 Å². The van der Waals surface area contributed by atoms with E-state index in [1.807, 2.05) is 19.6 Å². The van der Waals surface area contributed by atoms with Gasteiger partial charge in [0.05, 0.1) is 38.6 Å². The Labute approximate surface area is 843 Å². The van der Waals surface area contributed by atoms with E-state index in [1.165, 1.54) is 48.5 Å². The number of rotatable bonds is 71. The first kappa shape index (κ1) is 124.